The van der Waals surface area contributed by atoms with Gasteiger partial charge < -0.3 is 15.0 Å². The molecular weight excluding hydrogens is 426 g/mol. The summed E-state index contributed by atoms with van der Waals surface area (Å²) < 4.78 is 6.21. The lowest BCUT2D eigenvalue weighted by Gasteiger charge is -2.17. The van der Waals surface area contributed by atoms with Crippen LogP contribution in [0.3, 0.4) is 0 Å². The van der Waals surface area contributed by atoms with E-state index in [0.29, 0.717) is 36.5 Å². The number of carbonyl (C=O) groups is 2. The molecule has 1 N–H and O–H groups in total. The van der Waals surface area contributed by atoms with E-state index in [0.717, 1.165) is 34.5 Å². The topological polar surface area (TPSA) is 71.5 Å². The number of nitrogens with one attached hydrogen (secondary N) is 1. The second kappa shape index (κ2) is 8.63. The van der Waals surface area contributed by atoms with Gasteiger partial charge in [0.15, 0.2) is 0 Å². The minimum absolute atomic E-state index is 0.100. The highest BCUT2D eigenvalue weighted by Crippen LogP contribution is 2.40. The SMILES string of the molecule is O=C(NC[C@H]1Cc2cc(Cl)cc(-c3ccncc3)c2O1)c1cccc(N2CCCC2=O)c1. The molecule has 5 rings (SSSR count). The van der Waals surface area contributed by atoms with E-state index in [-0.39, 0.29) is 17.9 Å². The summed E-state index contributed by atoms with van der Waals surface area (Å²) in [5.41, 5.74) is 4.22. The summed E-state index contributed by atoms with van der Waals surface area (Å²) in [6.45, 7) is 1.06. The molecule has 0 radical (unpaired) electrons. The molecule has 3 heterocycles. The largest absolute Gasteiger partial charge is 0.487 e. The highest BCUT2D eigenvalue weighted by atomic mass is 35.5. The summed E-state index contributed by atoms with van der Waals surface area (Å²) in [6.07, 6.45) is 5.35. The predicted octanol–water partition coefficient (Wildman–Crippen LogP) is 4.26. The first kappa shape index (κ1) is 20.5. The summed E-state index contributed by atoms with van der Waals surface area (Å²) >= 11 is 6.34. The number of hydrogen-bond acceptors (Lipinski definition) is 4. The molecule has 0 unspecified atom stereocenters. The van der Waals surface area contributed by atoms with Crippen molar-refractivity contribution in [3.63, 3.8) is 0 Å². The van der Waals surface area contributed by atoms with Crippen LogP contribution in [0.1, 0.15) is 28.8 Å². The third-order valence-electron chi connectivity index (χ3n) is 5.84. The lowest BCUT2D eigenvalue weighted by atomic mass is 10.0. The van der Waals surface area contributed by atoms with Gasteiger partial charge in [-0.25, -0.2) is 0 Å². The predicted molar refractivity (Wildman–Crippen MR) is 123 cm³/mol. The van der Waals surface area contributed by atoms with E-state index in [1.807, 2.05) is 30.3 Å². The molecule has 2 amide bonds. The van der Waals surface area contributed by atoms with Crippen molar-refractivity contribution in [3.05, 3.63) is 77.1 Å². The molecule has 3 aromatic rings. The normalized spacial score (nSPS) is 17.2. The van der Waals surface area contributed by atoms with Crippen molar-refractivity contribution >= 4 is 29.1 Å². The van der Waals surface area contributed by atoms with Crippen molar-refractivity contribution in [1.29, 1.82) is 0 Å². The number of nitrogens with zero attached hydrogens (tertiary/aromatic N) is 2. The van der Waals surface area contributed by atoms with Crippen molar-refractivity contribution in [3.8, 4) is 16.9 Å². The van der Waals surface area contributed by atoms with Gasteiger partial charge in [-0.3, -0.25) is 14.6 Å². The van der Waals surface area contributed by atoms with Gasteiger partial charge in [0.1, 0.15) is 11.9 Å². The van der Waals surface area contributed by atoms with Crippen LogP contribution in [0, 0.1) is 0 Å². The standard InChI is InChI=1S/C25H22ClN3O3/c26-19-11-18-13-21(32-24(18)22(14-19)16-6-8-27-9-7-16)15-28-25(31)17-3-1-4-20(12-17)29-10-2-5-23(29)30/h1,3-4,6-9,11-12,14,21H,2,5,10,13,15H2,(H,28,31)/t21-/m1/s1. The Bertz CT molecular complexity index is 1180. The summed E-state index contributed by atoms with van der Waals surface area (Å²) in [6, 6.07) is 14.8. The Morgan fingerprint density at radius 2 is 2.03 bits per heavy atom. The zero-order chi connectivity index (χ0) is 22.1. The average molecular weight is 448 g/mol. The molecule has 0 spiro atoms. The van der Waals surface area contributed by atoms with E-state index in [1.54, 1.807) is 35.5 Å². The Morgan fingerprint density at radius 1 is 1.19 bits per heavy atom. The molecule has 0 saturated carbocycles. The van der Waals surface area contributed by atoms with E-state index in [1.165, 1.54) is 0 Å². The van der Waals surface area contributed by atoms with Gasteiger partial charge in [0.05, 0.1) is 6.54 Å². The fourth-order valence-electron chi connectivity index (χ4n) is 4.30. The molecule has 2 aliphatic rings. The van der Waals surface area contributed by atoms with Gasteiger partial charge in [0.25, 0.3) is 5.91 Å². The molecular formula is C25H22ClN3O3. The maximum absolute atomic E-state index is 12.8. The zero-order valence-electron chi connectivity index (χ0n) is 17.4. The number of halogens is 1. The van der Waals surface area contributed by atoms with Crippen molar-refractivity contribution in [1.82, 2.24) is 10.3 Å². The van der Waals surface area contributed by atoms with Crippen LogP contribution in [0.4, 0.5) is 5.69 Å². The first-order valence-electron chi connectivity index (χ1n) is 10.7. The molecule has 32 heavy (non-hydrogen) atoms. The number of amides is 2. The molecule has 6 nitrogen and oxygen atoms in total. The van der Waals surface area contributed by atoms with Gasteiger partial charge in [-0.2, -0.15) is 0 Å². The monoisotopic (exact) mass is 447 g/mol. The van der Waals surface area contributed by atoms with E-state index >= 15 is 0 Å². The number of fused-ring (bicyclic) bond motifs is 1. The highest BCUT2D eigenvalue weighted by molar-refractivity contribution is 6.31. The van der Waals surface area contributed by atoms with Gasteiger partial charge in [0, 0.05) is 59.2 Å². The molecule has 7 heteroatoms. The van der Waals surface area contributed by atoms with Crippen LogP contribution < -0.4 is 15.0 Å². The first-order chi connectivity index (χ1) is 15.6. The fraction of sp³-hybridized carbons (Fsp3) is 0.240. The number of pyridine rings is 1. The van der Waals surface area contributed by atoms with Gasteiger partial charge in [-0.05, 0) is 54.4 Å². The number of rotatable bonds is 5. The van der Waals surface area contributed by atoms with Gasteiger partial charge in [-0.15, -0.1) is 0 Å². The summed E-state index contributed by atoms with van der Waals surface area (Å²) in [5.74, 6) is 0.711. The van der Waals surface area contributed by atoms with Gasteiger partial charge in [-0.1, -0.05) is 17.7 Å². The number of anilines is 1. The highest BCUT2D eigenvalue weighted by Gasteiger charge is 2.27. The maximum atomic E-state index is 12.8. The van der Waals surface area contributed by atoms with E-state index < -0.39 is 0 Å². The molecule has 1 saturated heterocycles. The van der Waals surface area contributed by atoms with Gasteiger partial charge >= 0.3 is 0 Å². The lowest BCUT2D eigenvalue weighted by Crippen LogP contribution is -2.34. The van der Waals surface area contributed by atoms with Crippen LogP contribution in [0.5, 0.6) is 5.75 Å². The molecule has 2 aromatic carbocycles. The number of aromatic nitrogens is 1. The first-order valence-corrected chi connectivity index (χ1v) is 11.0. The number of carbonyl (C=O) groups excluding carboxylic acids is 2. The third-order valence-corrected chi connectivity index (χ3v) is 6.06. The Kier molecular flexibility index (Phi) is 5.53. The van der Waals surface area contributed by atoms with Crippen molar-refractivity contribution in [2.24, 2.45) is 0 Å². The number of ether oxygens (including phenoxy) is 1. The molecule has 1 fully saturated rings. The van der Waals surface area contributed by atoms with Crippen LogP contribution in [-0.2, 0) is 11.2 Å². The van der Waals surface area contributed by atoms with Gasteiger partial charge in [0.2, 0.25) is 5.91 Å². The van der Waals surface area contributed by atoms with Crippen molar-refractivity contribution in [2.45, 2.75) is 25.4 Å². The third kappa shape index (κ3) is 4.06. The van der Waals surface area contributed by atoms with Crippen LogP contribution in [0.25, 0.3) is 11.1 Å². The Morgan fingerprint density at radius 3 is 2.81 bits per heavy atom. The van der Waals surface area contributed by atoms with Crippen LogP contribution >= 0.6 is 11.6 Å². The van der Waals surface area contributed by atoms with Crippen LogP contribution in [0.15, 0.2) is 60.9 Å². The summed E-state index contributed by atoms with van der Waals surface area (Å²) in [7, 11) is 0. The van der Waals surface area contributed by atoms with E-state index in [9.17, 15) is 9.59 Å². The molecule has 1 atom stereocenters. The summed E-state index contributed by atoms with van der Waals surface area (Å²) in [5, 5.41) is 3.62. The number of benzene rings is 2. The summed E-state index contributed by atoms with van der Waals surface area (Å²) in [4.78, 5) is 30.6. The minimum Gasteiger partial charge on any atom is -0.487 e. The second-order valence-electron chi connectivity index (χ2n) is 8.03. The van der Waals surface area contributed by atoms with Crippen molar-refractivity contribution < 1.29 is 14.3 Å². The average Bonchev–Trinajstić information content (AvgIpc) is 3.43. The Labute approximate surface area is 191 Å². The Hall–Kier alpha value is -3.38. The molecule has 0 aliphatic carbocycles. The fourth-order valence-corrected chi connectivity index (χ4v) is 4.54. The van der Waals surface area contributed by atoms with Crippen molar-refractivity contribution in [2.75, 3.05) is 18.0 Å². The molecule has 162 valence electrons. The quantitative estimate of drug-likeness (QED) is 0.634. The Balaban J connectivity index is 1.27. The molecule has 1 aromatic heterocycles. The minimum atomic E-state index is -0.189. The van der Waals surface area contributed by atoms with Crippen LogP contribution in [0.2, 0.25) is 5.02 Å². The number of hydrogen-bond donors (Lipinski definition) is 1. The zero-order valence-corrected chi connectivity index (χ0v) is 18.1. The second-order valence-corrected chi connectivity index (χ2v) is 8.47. The lowest BCUT2D eigenvalue weighted by molar-refractivity contribution is -0.117. The molecule has 0 bridgehead atoms. The van der Waals surface area contributed by atoms with E-state index in [2.05, 4.69) is 10.3 Å². The van der Waals surface area contributed by atoms with E-state index in [4.69, 9.17) is 16.3 Å². The smallest absolute Gasteiger partial charge is 0.251 e. The maximum Gasteiger partial charge on any atom is 0.251 e. The van der Waals surface area contributed by atoms with Crippen LogP contribution in [-0.4, -0.2) is 36.0 Å². The molecule has 2 aliphatic heterocycles.